The first-order chi connectivity index (χ1) is 59.5. The van der Waals surface area contributed by atoms with E-state index in [1.807, 2.05) is 135 Å². The maximum atomic E-state index is 13.9. The van der Waals surface area contributed by atoms with Crippen LogP contribution < -0.4 is 69.7 Å². The third-order valence-corrected chi connectivity index (χ3v) is 20.1. The summed E-state index contributed by atoms with van der Waals surface area (Å²) in [4.78, 5) is 155. The molecule has 0 radical (unpaired) electrons. The molecular formula is C95H113LiN6O23. The van der Waals surface area contributed by atoms with Gasteiger partial charge in [0.25, 0.3) is 11.8 Å². The van der Waals surface area contributed by atoms with Gasteiger partial charge in [-0.2, -0.15) is 0 Å². The SMILES string of the molecule is COC(=O)c1cc(CC(=O)[C@H](CCCCNC(=O)OCc2ccccc2)NC(=O)c2cc(CC(=O)[C@@H](C)CCCCNC(=O)OCc3ccccc3)ccc2OC)ccc1OC.COc1ccc(CC(=O)[C@H](CCCCNC(=O)OCc2ccccc2)NC(=O)c2cc(CC(=O)[C@@H](C)CCCCNC(=O)OCc3ccccc3)ccc2OC)cc1C(=O)O.[Li+].[OH-]. The summed E-state index contributed by atoms with van der Waals surface area (Å²) in [6, 6.07) is 54.5. The Bertz CT molecular complexity index is 4770. The Morgan fingerprint density at radius 2 is 0.568 bits per heavy atom. The van der Waals surface area contributed by atoms with Gasteiger partial charge in [0.05, 0.1) is 58.8 Å². The predicted octanol–water partition coefficient (Wildman–Crippen LogP) is 11.4. The van der Waals surface area contributed by atoms with Gasteiger partial charge in [0.1, 0.15) is 72.1 Å². The van der Waals surface area contributed by atoms with Crippen LogP contribution >= 0.6 is 0 Å². The second kappa shape index (κ2) is 56.8. The number of hydrogen-bond acceptors (Lipinski definition) is 22. The Morgan fingerprint density at radius 1 is 0.312 bits per heavy atom. The number of nitrogens with one attached hydrogen (secondary N) is 6. The Kier molecular flexibility index (Phi) is 46.6. The topological polar surface area (TPSA) is 410 Å². The van der Waals surface area contributed by atoms with E-state index in [1.165, 1.54) is 53.7 Å². The van der Waals surface area contributed by atoms with Crippen molar-refractivity contribution in [2.24, 2.45) is 11.8 Å². The number of carboxylic acid groups (broad SMARTS) is 1. The molecule has 0 spiro atoms. The molecule has 6 amide bonds. The minimum absolute atomic E-state index is 0. The first-order valence-electron chi connectivity index (χ1n) is 41.0. The first-order valence-corrected chi connectivity index (χ1v) is 41.0. The van der Waals surface area contributed by atoms with Crippen LogP contribution in [-0.4, -0.2) is 156 Å². The molecule has 4 atom stereocenters. The van der Waals surface area contributed by atoms with Crippen molar-refractivity contribution in [1.29, 1.82) is 0 Å². The van der Waals surface area contributed by atoms with Gasteiger partial charge in [-0.15, -0.1) is 0 Å². The van der Waals surface area contributed by atoms with Crippen LogP contribution in [-0.2, 0) is 95.0 Å². The summed E-state index contributed by atoms with van der Waals surface area (Å²) in [5, 5.41) is 26.3. The molecule has 0 unspecified atom stereocenters. The third-order valence-electron chi connectivity index (χ3n) is 20.1. The van der Waals surface area contributed by atoms with Crippen molar-refractivity contribution in [3.63, 3.8) is 0 Å². The van der Waals surface area contributed by atoms with E-state index in [4.69, 9.17) is 42.6 Å². The number of esters is 1. The molecule has 30 heteroatoms. The number of rotatable bonds is 50. The van der Waals surface area contributed by atoms with Gasteiger partial charge in [0.15, 0.2) is 11.6 Å². The number of hydrogen-bond donors (Lipinski definition) is 7. The normalized spacial score (nSPS) is 11.4. The molecule has 8 N–H and O–H groups in total. The Balaban J connectivity index is 0.000000437. The summed E-state index contributed by atoms with van der Waals surface area (Å²) in [7, 11) is 6.88. The molecule has 8 aromatic carbocycles. The zero-order valence-electron chi connectivity index (χ0n) is 72.2. The van der Waals surface area contributed by atoms with Crippen LogP contribution in [0.5, 0.6) is 23.0 Å². The monoisotopic (exact) mass is 1710 g/mol. The van der Waals surface area contributed by atoms with Gasteiger partial charge in [-0.25, -0.2) is 28.8 Å². The number of carboxylic acids is 1. The standard InChI is InChI=1S/C48H57N3O11.C47H55N3O11.Li.H2O/c1-33(15-11-13-25-49-47(56)61-31-34-16-7-5-8-17-34)41(52)29-36-21-23-43(58-2)38(27-36)45(54)51-40(20-12-14-26-50-48(57)62-32-35-18-9-6-10-19-35)42(53)30-37-22-24-44(59-3)39(28-37)46(55)60-4;1-32(14-10-12-24-48-46(56)60-30-33-15-6-4-7-16-33)40(51)28-35-20-22-42(58-2)37(26-35)44(53)50-39(41(52)29-36-21-23-43(59-3)38(27-36)45(54)55)19-11-13-25-49-47(57)61-31-34-17-8-5-9-18-34;;/h5-10,16-19,21-24,27-28,33,40H,11-15,20,25-26,29-32H2,1-4H3,(H,49,56)(H,50,57)(H,51,54);4-9,15-18,20-23,26-27,32,39H,10-14,19,24-25,28-31H2,1-3H3,(H,48,56)(H,49,57)(H,50,53)(H,54,55);;1H2/q;;+1;/p-1/t33-,40-;32-,39-;;/m00../s1. The maximum absolute atomic E-state index is 13.9. The van der Waals surface area contributed by atoms with Crippen LogP contribution in [0.15, 0.2) is 194 Å². The Labute approximate surface area is 741 Å². The van der Waals surface area contributed by atoms with Crippen molar-refractivity contribution in [3.8, 4) is 23.0 Å². The minimum atomic E-state index is -1.21. The number of Topliss-reactive ketones (excluding diaryl/α,β-unsaturated/α-hetero) is 4. The van der Waals surface area contributed by atoms with E-state index >= 15 is 0 Å². The van der Waals surface area contributed by atoms with Crippen molar-refractivity contribution >= 4 is 71.3 Å². The van der Waals surface area contributed by atoms with Crippen LogP contribution in [0.4, 0.5) is 19.2 Å². The first kappa shape index (κ1) is 103. The number of amides is 6. The summed E-state index contributed by atoms with van der Waals surface area (Å²) in [6.07, 6.45) is 4.06. The minimum Gasteiger partial charge on any atom is -0.870 e. The number of ketones is 4. The van der Waals surface area contributed by atoms with Crippen LogP contribution in [0, 0.1) is 11.8 Å². The average Bonchev–Trinajstić information content (AvgIpc) is 0.834. The van der Waals surface area contributed by atoms with E-state index < -0.39 is 60.2 Å². The molecule has 0 saturated carbocycles. The average molecular weight is 1710 g/mol. The van der Waals surface area contributed by atoms with Gasteiger partial charge in [-0.1, -0.05) is 172 Å². The molecule has 8 aromatic rings. The van der Waals surface area contributed by atoms with Gasteiger partial charge in [0.2, 0.25) is 0 Å². The number of ether oxygens (including phenoxy) is 9. The van der Waals surface area contributed by atoms with Crippen LogP contribution in [0.3, 0.4) is 0 Å². The molecule has 0 aliphatic heterocycles. The fraction of sp³-hybridized carbons (Fsp3) is 0.368. The summed E-state index contributed by atoms with van der Waals surface area (Å²) in [5.74, 6) is -3.26. The predicted molar refractivity (Wildman–Crippen MR) is 462 cm³/mol. The van der Waals surface area contributed by atoms with Gasteiger partial charge >= 0.3 is 55.2 Å². The van der Waals surface area contributed by atoms with Gasteiger partial charge < -0.3 is 85.1 Å². The van der Waals surface area contributed by atoms with Gasteiger partial charge in [0, 0.05) is 63.7 Å². The van der Waals surface area contributed by atoms with Crippen molar-refractivity contribution in [3.05, 3.63) is 261 Å². The molecule has 0 aliphatic rings. The smallest absolute Gasteiger partial charge is 0.870 e. The van der Waals surface area contributed by atoms with Gasteiger partial charge in [-0.05, 0) is 157 Å². The largest absolute Gasteiger partial charge is 1.00 e. The van der Waals surface area contributed by atoms with Crippen LogP contribution in [0.1, 0.15) is 177 Å². The van der Waals surface area contributed by atoms with E-state index in [2.05, 4.69) is 31.9 Å². The number of unbranched alkanes of at least 4 members (excludes halogenated alkanes) is 4. The van der Waals surface area contributed by atoms with Crippen molar-refractivity contribution < 1.29 is 130 Å². The molecule has 662 valence electrons. The molecule has 0 aromatic heterocycles. The van der Waals surface area contributed by atoms with Crippen molar-refractivity contribution in [2.45, 2.75) is 155 Å². The fourth-order valence-corrected chi connectivity index (χ4v) is 13.0. The van der Waals surface area contributed by atoms with E-state index in [0.29, 0.717) is 105 Å². The van der Waals surface area contributed by atoms with Crippen LogP contribution in [0.2, 0.25) is 0 Å². The summed E-state index contributed by atoms with van der Waals surface area (Å²) in [6.45, 7) is 5.72. The zero-order chi connectivity index (χ0) is 88.7. The number of methoxy groups -OCH3 is 5. The molecule has 0 saturated heterocycles. The Hall–Kier alpha value is -12.8. The van der Waals surface area contributed by atoms with E-state index in [-0.39, 0.29) is 177 Å². The number of carbonyl (C=O) groups excluding carboxylic acids is 11. The second-order valence-electron chi connectivity index (χ2n) is 29.3. The molecule has 0 bridgehead atoms. The molecule has 0 heterocycles. The van der Waals surface area contributed by atoms with E-state index in [9.17, 15) is 62.6 Å². The number of benzene rings is 8. The summed E-state index contributed by atoms with van der Waals surface area (Å²) in [5.41, 5.74) is 6.01. The van der Waals surface area contributed by atoms with E-state index in [0.717, 1.165) is 22.3 Å². The maximum Gasteiger partial charge on any atom is 1.00 e. The third kappa shape index (κ3) is 37.0. The van der Waals surface area contributed by atoms with Crippen molar-refractivity contribution in [2.75, 3.05) is 61.7 Å². The molecule has 0 aliphatic carbocycles. The molecule has 8 rings (SSSR count). The molecule has 29 nitrogen and oxygen atoms in total. The number of alkyl carbamates (subject to hydrolysis) is 4. The second-order valence-corrected chi connectivity index (χ2v) is 29.3. The number of aromatic carboxylic acids is 1. The Morgan fingerprint density at radius 3 is 0.848 bits per heavy atom. The summed E-state index contributed by atoms with van der Waals surface area (Å²) < 4.78 is 47.4. The molecular weight excluding hydrogens is 1600 g/mol. The van der Waals surface area contributed by atoms with Gasteiger partial charge in [-0.3, -0.25) is 28.8 Å². The molecule has 125 heavy (non-hydrogen) atoms. The fourth-order valence-electron chi connectivity index (χ4n) is 13.0. The summed E-state index contributed by atoms with van der Waals surface area (Å²) >= 11 is 0. The number of carbonyl (C=O) groups is 12. The quantitative estimate of drug-likeness (QED) is 0.00806. The zero-order valence-corrected chi connectivity index (χ0v) is 72.2. The molecule has 0 fully saturated rings. The van der Waals surface area contributed by atoms with E-state index in [1.54, 1.807) is 54.6 Å². The van der Waals surface area contributed by atoms with Crippen LogP contribution in [0.25, 0.3) is 0 Å². The van der Waals surface area contributed by atoms with Crippen molar-refractivity contribution in [1.82, 2.24) is 31.9 Å².